The van der Waals surface area contributed by atoms with E-state index >= 15 is 0 Å². The Balaban J connectivity index is 1.82. The van der Waals surface area contributed by atoms with Crippen molar-refractivity contribution in [3.05, 3.63) is 21.9 Å². The van der Waals surface area contributed by atoms with Crippen LogP contribution in [0.3, 0.4) is 0 Å². The van der Waals surface area contributed by atoms with Crippen molar-refractivity contribution >= 4 is 17.2 Å². The summed E-state index contributed by atoms with van der Waals surface area (Å²) in [5.41, 5.74) is 5.81. The van der Waals surface area contributed by atoms with Crippen molar-refractivity contribution in [3.63, 3.8) is 0 Å². The van der Waals surface area contributed by atoms with Crippen LogP contribution in [-0.4, -0.2) is 25.2 Å². The summed E-state index contributed by atoms with van der Waals surface area (Å²) in [6, 6.07) is 2.30. The zero-order valence-electron chi connectivity index (χ0n) is 9.94. The lowest BCUT2D eigenvalue weighted by atomic mass is 10.0. The molecule has 1 fully saturated rings. The fourth-order valence-corrected chi connectivity index (χ4v) is 2.80. The van der Waals surface area contributed by atoms with Crippen LogP contribution in [0, 0.1) is 5.92 Å². The predicted octanol–water partition coefficient (Wildman–Crippen LogP) is 1.36. The molecule has 0 bridgehead atoms. The minimum atomic E-state index is -0.357. The molecule has 1 aliphatic rings. The first kappa shape index (κ1) is 12.5. The van der Waals surface area contributed by atoms with Crippen molar-refractivity contribution in [1.82, 2.24) is 5.32 Å². The lowest BCUT2D eigenvalue weighted by Crippen LogP contribution is -2.33. The van der Waals surface area contributed by atoms with E-state index in [4.69, 9.17) is 10.5 Å². The molecule has 1 aromatic rings. The molecule has 0 saturated carbocycles. The molecule has 0 aliphatic carbocycles. The van der Waals surface area contributed by atoms with Crippen molar-refractivity contribution in [1.29, 1.82) is 0 Å². The standard InChI is InChI=1S/C12H18N2O2S/c1-8(9-2-3-16-6-9)14-5-11-4-10(7-17-11)12(13)15/h4,7-9,14H,2-3,5-6H2,1H3,(H2,13,15). The number of hydrogen-bond donors (Lipinski definition) is 2. The molecule has 94 valence electrons. The molecular weight excluding hydrogens is 236 g/mol. The van der Waals surface area contributed by atoms with Crippen LogP contribution in [-0.2, 0) is 11.3 Å². The minimum Gasteiger partial charge on any atom is -0.381 e. The minimum absolute atomic E-state index is 0.357. The second kappa shape index (κ2) is 5.62. The fraction of sp³-hybridized carbons (Fsp3) is 0.583. The Morgan fingerprint density at radius 1 is 1.76 bits per heavy atom. The highest BCUT2D eigenvalue weighted by Gasteiger charge is 2.21. The molecule has 1 aliphatic heterocycles. The van der Waals surface area contributed by atoms with Crippen LogP contribution in [0.4, 0.5) is 0 Å². The Morgan fingerprint density at radius 2 is 2.59 bits per heavy atom. The van der Waals surface area contributed by atoms with Gasteiger partial charge in [-0.15, -0.1) is 11.3 Å². The molecule has 0 spiro atoms. The van der Waals surface area contributed by atoms with Crippen LogP contribution in [0.25, 0.3) is 0 Å². The monoisotopic (exact) mass is 254 g/mol. The van der Waals surface area contributed by atoms with Crippen LogP contribution >= 0.6 is 11.3 Å². The van der Waals surface area contributed by atoms with Crippen LogP contribution < -0.4 is 11.1 Å². The fourth-order valence-electron chi connectivity index (χ4n) is 1.98. The number of carbonyl (C=O) groups excluding carboxylic acids is 1. The number of carbonyl (C=O) groups is 1. The van der Waals surface area contributed by atoms with Crippen molar-refractivity contribution in [3.8, 4) is 0 Å². The van der Waals surface area contributed by atoms with Crippen LogP contribution in [0.2, 0.25) is 0 Å². The Hall–Kier alpha value is -0.910. The van der Waals surface area contributed by atoms with Gasteiger partial charge in [0.25, 0.3) is 0 Å². The summed E-state index contributed by atoms with van der Waals surface area (Å²) in [4.78, 5) is 12.1. The summed E-state index contributed by atoms with van der Waals surface area (Å²) in [5.74, 6) is 0.246. The van der Waals surface area contributed by atoms with E-state index < -0.39 is 0 Å². The van der Waals surface area contributed by atoms with Gasteiger partial charge in [0.2, 0.25) is 5.91 Å². The highest BCUT2D eigenvalue weighted by atomic mass is 32.1. The van der Waals surface area contributed by atoms with Crippen molar-refractivity contribution in [2.75, 3.05) is 13.2 Å². The highest BCUT2D eigenvalue weighted by Crippen LogP contribution is 2.18. The molecule has 1 aromatic heterocycles. The summed E-state index contributed by atoms with van der Waals surface area (Å²) < 4.78 is 5.37. The van der Waals surface area contributed by atoms with E-state index in [1.54, 1.807) is 11.3 Å². The molecule has 2 rings (SSSR count). The first-order valence-corrected chi connectivity index (χ1v) is 6.73. The van der Waals surface area contributed by atoms with Crippen LogP contribution in [0.1, 0.15) is 28.6 Å². The third-order valence-corrected chi connectivity index (χ3v) is 4.15. The second-order valence-electron chi connectivity index (χ2n) is 4.46. The van der Waals surface area contributed by atoms with Gasteiger partial charge in [0.1, 0.15) is 0 Å². The van der Waals surface area contributed by atoms with E-state index in [0.717, 1.165) is 31.1 Å². The van der Waals surface area contributed by atoms with Crippen LogP contribution in [0.15, 0.2) is 11.4 Å². The Bertz CT molecular complexity index is 386. The molecule has 4 nitrogen and oxygen atoms in total. The van der Waals surface area contributed by atoms with E-state index in [2.05, 4.69) is 12.2 Å². The maximum absolute atomic E-state index is 11.0. The van der Waals surface area contributed by atoms with Gasteiger partial charge < -0.3 is 15.8 Å². The molecule has 2 atom stereocenters. The Labute approximate surface area is 105 Å². The lowest BCUT2D eigenvalue weighted by molar-refractivity contribution is 0.100. The molecule has 5 heteroatoms. The van der Waals surface area contributed by atoms with E-state index in [0.29, 0.717) is 17.5 Å². The normalized spacial score (nSPS) is 21.6. The smallest absolute Gasteiger partial charge is 0.249 e. The van der Waals surface area contributed by atoms with Gasteiger partial charge in [-0.3, -0.25) is 4.79 Å². The summed E-state index contributed by atoms with van der Waals surface area (Å²) >= 11 is 1.57. The number of nitrogens with one attached hydrogen (secondary N) is 1. The van der Waals surface area contributed by atoms with E-state index in [-0.39, 0.29) is 5.91 Å². The zero-order chi connectivity index (χ0) is 12.3. The Morgan fingerprint density at radius 3 is 3.18 bits per heavy atom. The average molecular weight is 254 g/mol. The highest BCUT2D eigenvalue weighted by molar-refractivity contribution is 7.10. The molecule has 3 N–H and O–H groups in total. The summed E-state index contributed by atoms with van der Waals surface area (Å²) in [7, 11) is 0. The van der Waals surface area contributed by atoms with Gasteiger partial charge in [-0.05, 0) is 25.3 Å². The first-order chi connectivity index (χ1) is 8.16. The van der Waals surface area contributed by atoms with Crippen molar-refractivity contribution in [2.45, 2.75) is 25.9 Å². The van der Waals surface area contributed by atoms with Gasteiger partial charge in [-0.2, -0.15) is 0 Å². The average Bonchev–Trinajstić information content (AvgIpc) is 2.97. The maximum atomic E-state index is 11.0. The number of hydrogen-bond acceptors (Lipinski definition) is 4. The number of thiophene rings is 1. The number of primary amides is 1. The molecule has 0 aromatic carbocycles. The second-order valence-corrected chi connectivity index (χ2v) is 5.45. The molecule has 1 saturated heterocycles. The number of rotatable bonds is 5. The number of ether oxygens (including phenoxy) is 1. The van der Waals surface area contributed by atoms with E-state index in [9.17, 15) is 4.79 Å². The van der Waals surface area contributed by atoms with Gasteiger partial charge in [0.15, 0.2) is 0 Å². The topological polar surface area (TPSA) is 64.3 Å². The number of amides is 1. The third kappa shape index (κ3) is 3.28. The SMILES string of the molecule is CC(NCc1cc(C(N)=O)cs1)C1CCOC1. The van der Waals surface area contributed by atoms with E-state index in [1.165, 1.54) is 0 Å². The molecule has 0 radical (unpaired) electrons. The number of nitrogens with two attached hydrogens (primary N) is 1. The summed E-state index contributed by atoms with van der Waals surface area (Å²) in [6.07, 6.45) is 1.13. The van der Waals surface area contributed by atoms with Crippen LogP contribution in [0.5, 0.6) is 0 Å². The van der Waals surface area contributed by atoms with E-state index in [1.807, 2.05) is 11.4 Å². The zero-order valence-corrected chi connectivity index (χ0v) is 10.8. The largest absolute Gasteiger partial charge is 0.381 e. The van der Waals surface area contributed by atoms with Gasteiger partial charge in [-0.25, -0.2) is 0 Å². The van der Waals surface area contributed by atoms with Gasteiger partial charge in [-0.1, -0.05) is 0 Å². The first-order valence-electron chi connectivity index (χ1n) is 5.85. The maximum Gasteiger partial charge on any atom is 0.249 e. The molecule has 2 unspecified atom stereocenters. The van der Waals surface area contributed by atoms with Crippen molar-refractivity contribution < 1.29 is 9.53 Å². The van der Waals surface area contributed by atoms with Gasteiger partial charge >= 0.3 is 0 Å². The Kier molecular flexibility index (Phi) is 4.15. The molecular formula is C12H18N2O2S. The predicted molar refractivity (Wildman–Crippen MR) is 68.1 cm³/mol. The summed E-state index contributed by atoms with van der Waals surface area (Å²) in [5, 5.41) is 5.28. The lowest BCUT2D eigenvalue weighted by Gasteiger charge is -2.18. The van der Waals surface area contributed by atoms with Gasteiger partial charge in [0, 0.05) is 29.5 Å². The van der Waals surface area contributed by atoms with Gasteiger partial charge in [0.05, 0.1) is 12.2 Å². The summed E-state index contributed by atoms with van der Waals surface area (Å²) in [6.45, 7) is 4.70. The molecule has 2 heterocycles. The molecule has 17 heavy (non-hydrogen) atoms. The quantitative estimate of drug-likeness (QED) is 0.834. The third-order valence-electron chi connectivity index (χ3n) is 3.21. The molecule has 1 amide bonds. The van der Waals surface area contributed by atoms with Crippen molar-refractivity contribution in [2.24, 2.45) is 11.7 Å².